The highest BCUT2D eigenvalue weighted by Gasteiger charge is 2.29. The van der Waals surface area contributed by atoms with E-state index in [0.717, 1.165) is 0 Å². The van der Waals surface area contributed by atoms with Crippen LogP contribution >= 0.6 is 15.9 Å². The second-order valence-corrected chi connectivity index (χ2v) is 5.69. The molecule has 0 aromatic heterocycles. The first-order chi connectivity index (χ1) is 8.44. The Labute approximate surface area is 114 Å². The molecule has 0 saturated carbocycles. The third-order valence-electron chi connectivity index (χ3n) is 2.95. The van der Waals surface area contributed by atoms with Crippen LogP contribution in [0.2, 0.25) is 0 Å². The van der Waals surface area contributed by atoms with E-state index >= 15 is 0 Å². The molecule has 5 heteroatoms. The van der Waals surface area contributed by atoms with Crippen LogP contribution in [0.25, 0.3) is 0 Å². The van der Waals surface area contributed by atoms with Crippen molar-refractivity contribution in [2.75, 3.05) is 24.6 Å². The molecule has 0 radical (unpaired) electrons. The number of benzene rings is 1. The van der Waals surface area contributed by atoms with Crippen LogP contribution in [0.4, 0.5) is 10.1 Å². The Balaban J connectivity index is 2.35. The molecule has 0 spiro atoms. The molecule has 1 fully saturated rings. The van der Waals surface area contributed by atoms with Crippen molar-refractivity contribution in [2.45, 2.75) is 19.4 Å². The van der Waals surface area contributed by atoms with Gasteiger partial charge in [0.2, 0.25) is 0 Å². The number of nitriles is 1. The standard InChI is InChI=1S/C13H14BrFN2O/c1-13(2)8-17(5-6-18-13)10-4-3-9(7-16)11(14)12(10)15/h3-4H,5-6,8H2,1-2H3. The van der Waals surface area contributed by atoms with E-state index in [1.54, 1.807) is 12.1 Å². The number of hydrogen-bond donors (Lipinski definition) is 0. The SMILES string of the molecule is CC1(C)CN(c2ccc(C#N)c(Br)c2F)CCO1. The van der Waals surface area contributed by atoms with Crippen LogP contribution in [0.3, 0.4) is 0 Å². The van der Waals surface area contributed by atoms with E-state index in [2.05, 4.69) is 15.9 Å². The fraction of sp³-hybridized carbons (Fsp3) is 0.462. The molecule has 0 bridgehead atoms. The van der Waals surface area contributed by atoms with Gasteiger partial charge in [0.15, 0.2) is 5.82 Å². The molecule has 1 saturated heterocycles. The Morgan fingerprint density at radius 2 is 2.22 bits per heavy atom. The van der Waals surface area contributed by atoms with Gasteiger partial charge in [-0.15, -0.1) is 0 Å². The van der Waals surface area contributed by atoms with Crippen LogP contribution in [-0.2, 0) is 4.74 Å². The highest BCUT2D eigenvalue weighted by atomic mass is 79.9. The van der Waals surface area contributed by atoms with Crippen LogP contribution in [0, 0.1) is 17.1 Å². The lowest BCUT2D eigenvalue weighted by Gasteiger charge is -2.39. The molecule has 1 aliphatic rings. The van der Waals surface area contributed by atoms with Gasteiger partial charge in [0.25, 0.3) is 0 Å². The first-order valence-electron chi connectivity index (χ1n) is 5.71. The molecule has 1 aromatic rings. The maximum absolute atomic E-state index is 14.2. The number of anilines is 1. The minimum absolute atomic E-state index is 0.229. The zero-order valence-electron chi connectivity index (χ0n) is 10.3. The van der Waals surface area contributed by atoms with Crippen molar-refractivity contribution in [3.8, 4) is 6.07 Å². The normalized spacial score (nSPS) is 18.5. The molecule has 3 nitrogen and oxygen atoms in total. The van der Waals surface area contributed by atoms with Crippen LogP contribution < -0.4 is 4.90 Å². The summed E-state index contributed by atoms with van der Waals surface area (Å²) in [5.74, 6) is -0.383. The van der Waals surface area contributed by atoms with Gasteiger partial charge >= 0.3 is 0 Å². The topological polar surface area (TPSA) is 36.3 Å². The fourth-order valence-corrected chi connectivity index (χ4v) is 2.52. The van der Waals surface area contributed by atoms with Crippen molar-refractivity contribution in [2.24, 2.45) is 0 Å². The predicted molar refractivity (Wildman–Crippen MR) is 71.1 cm³/mol. The van der Waals surface area contributed by atoms with Crippen molar-refractivity contribution in [3.05, 3.63) is 28.0 Å². The van der Waals surface area contributed by atoms with Gasteiger partial charge in [-0.05, 0) is 41.9 Å². The Hall–Kier alpha value is -1.12. The molecule has 18 heavy (non-hydrogen) atoms. The Kier molecular flexibility index (Phi) is 3.60. The minimum atomic E-state index is -0.383. The van der Waals surface area contributed by atoms with E-state index in [0.29, 0.717) is 30.9 Å². The minimum Gasteiger partial charge on any atom is -0.372 e. The van der Waals surface area contributed by atoms with Gasteiger partial charge in [0.05, 0.1) is 27.9 Å². The maximum Gasteiger partial charge on any atom is 0.161 e. The van der Waals surface area contributed by atoms with Crippen LogP contribution in [-0.4, -0.2) is 25.3 Å². The summed E-state index contributed by atoms with van der Waals surface area (Å²) in [4.78, 5) is 1.95. The zero-order valence-corrected chi connectivity index (χ0v) is 11.9. The third kappa shape index (κ3) is 2.50. The summed E-state index contributed by atoms with van der Waals surface area (Å²) in [5.41, 5.74) is 0.534. The number of ether oxygens (including phenoxy) is 1. The van der Waals surface area contributed by atoms with Crippen molar-refractivity contribution < 1.29 is 9.13 Å². The van der Waals surface area contributed by atoms with Gasteiger partial charge in [-0.3, -0.25) is 0 Å². The average Bonchev–Trinajstić information content (AvgIpc) is 2.31. The van der Waals surface area contributed by atoms with Crippen molar-refractivity contribution >= 4 is 21.6 Å². The molecule has 0 aliphatic carbocycles. The van der Waals surface area contributed by atoms with E-state index in [9.17, 15) is 4.39 Å². The van der Waals surface area contributed by atoms with E-state index in [1.807, 2.05) is 24.8 Å². The zero-order chi connectivity index (χ0) is 13.3. The predicted octanol–water partition coefficient (Wildman–Crippen LogP) is 3.08. The number of rotatable bonds is 1. The number of nitrogens with zero attached hydrogens (tertiary/aromatic N) is 2. The van der Waals surface area contributed by atoms with Gasteiger partial charge in [-0.25, -0.2) is 4.39 Å². The second kappa shape index (κ2) is 4.87. The average molecular weight is 313 g/mol. The van der Waals surface area contributed by atoms with E-state index in [4.69, 9.17) is 10.00 Å². The van der Waals surface area contributed by atoms with E-state index < -0.39 is 0 Å². The molecule has 1 aliphatic heterocycles. The molecule has 96 valence electrons. The van der Waals surface area contributed by atoms with Gasteiger partial charge in [-0.1, -0.05) is 0 Å². The molecular formula is C13H14BrFN2O. The van der Waals surface area contributed by atoms with Crippen LogP contribution in [0.15, 0.2) is 16.6 Å². The lowest BCUT2D eigenvalue weighted by atomic mass is 10.1. The molecule has 1 aromatic carbocycles. The smallest absolute Gasteiger partial charge is 0.161 e. The summed E-state index contributed by atoms with van der Waals surface area (Å²) in [6.45, 7) is 5.82. The Morgan fingerprint density at radius 1 is 1.50 bits per heavy atom. The van der Waals surface area contributed by atoms with Gasteiger partial charge in [0, 0.05) is 13.1 Å². The largest absolute Gasteiger partial charge is 0.372 e. The lowest BCUT2D eigenvalue weighted by molar-refractivity contribution is -0.0278. The van der Waals surface area contributed by atoms with Crippen molar-refractivity contribution in [3.63, 3.8) is 0 Å². The summed E-state index contributed by atoms with van der Waals surface area (Å²) < 4.78 is 20.0. The van der Waals surface area contributed by atoms with Gasteiger partial charge < -0.3 is 9.64 Å². The summed E-state index contributed by atoms with van der Waals surface area (Å²) in [5, 5.41) is 8.85. The Morgan fingerprint density at radius 3 is 2.83 bits per heavy atom. The number of morpholine rings is 1. The third-order valence-corrected chi connectivity index (χ3v) is 3.72. The first-order valence-corrected chi connectivity index (χ1v) is 6.51. The first kappa shape index (κ1) is 13.3. The number of hydrogen-bond acceptors (Lipinski definition) is 3. The van der Waals surface area contributed by atoms with Crippen LogP contribution in [0.1, 0.15) is 19.4 Å². The summed E-state index contributed by atoms with van der Waals surface area (Å²) in [6.07, 6.45) is 0. The quantitative estimate of drug-likeness (QED) is 0.799. The molecule has 0 atom stereocenters. The van der Waals surface area contributed by atoms with Crippen LogP contribution in [0.5, 0.6) is 0 Å². The molecular weight excluding hydrogens is 299 g/mol. The number of halogens is 2. The van der Waals surface area contributed by atoms with Crippen molar-refractivity contribution in [1.29, 1.82) is 5.26 Å². The van der Waals surface area contributed by atoms with E-state index in [-0.39, 0.29) is 15.9 Å². The van der Waals surface area contributed by atoms with Crippen molar-refractivity contribution in [1.82, 2.24) is 0 Å². The fourth-order valence-electron chi connectivity index (χ4n) is 2.09. The lowest BCUT2D eigenvalue weighted by Crippen LogP contribution is -2.48. The molecule has 2 rings (SSSR count). The highest BCUT2D eigenvalue weighted by Crippen LogP contribution is 2.31. The molecule has 1 heterocycles. The summed E-state index contributed by atoms with van der Waals surface area (Å²) in [7, 11) is 0. The Bertz CT molecular complexity index is 510. The van der Waals surface area contributed by atoms with Gasteiger partial charge in [-0.2, -0.15) is 5.26 Å². The molecule has 0 unspecified atom stereocenters. The molecule has 0 amide bonds. The summed E-state index contributed by atoms with van der Waals surface area (Å²) >= 11 is 3.13. The van der Waals surface area contributed by atoms with Gasteiger partial charge in [0.1, 0.15) is 6.07 Å². The van der Waals surface area contributed by atoms with E-state index in [1.165, 1.54) is 0 Å². The second-order valence-electron chi connectivity index (χ2n) is 4.90. The summed E-state index contributed by atoms with van der Waals surface area (Å²) in [6, 6.07) is 5.24. The highest BCUT2D eigenvalue weighted by molar-refractivity contribution is 9.10. The monoisotopic (exact) mass is 312 g/mol. The maximum atomic E-state index is 14.2. The molecule has 0 N–H and O–H groups in total.